The van der Waals surface area contributed by atoms with Crippen molar-refractivity contribution in [3.63, 3.8) is 0 Å². The van der Waals surface area contributed by atoms with Crippen LogP contribution in [0.3, 0.4) is 0 Å². The van der Waals surface area contributed by atoms with Gasteiger partial charge in [-0.05, 0) is 26.8 Å². The number of halogens is 3. The molecule has 0 radical (unpaired) electrons. The van der Waals surface area contributed by atoms with E-state index in [1.807, 2.05) is 0 Å². The van der Waals surface area contributed by atoms with Crippen molar-refractivity contribution in [2.45, 2.75) is 45.4 Å². The number of nitrogens with zero attached hydrogens (tertiary/aromatic N) is 4. The third-order valence-electron chi connectivity index (χ3n) is 3.40. The molecule has 0 saturated carbocycles. The SMILES string of the molecule is CC(C)(C)OC(=O)N(Cc1cnccc1C(F)(F)F)C1N=CC(C=O)C=N1. The number of aromatic nitrogens is 1. The number of hydrogen-bond acceptors (Lipinski definition) is 6. The van der Waals surface area contributed by atoms with Gasteiger partial charge >= 0.3 is 12.3 Å². The lowest BCUT2D eigenvalue weighted by molar-refractivity contribution is -0.138. The van der Waals surface area contributed by atoms with Crippen molar-refractivity contribution in [2.24, 2.45) is 15.9 Å². The van der Waals surface area contributed by atoms with Crippen LogP contribution in [0.2, 0.25) is 0 Å². The maximum Gasteiger partial charge on any atom is 0.416 e. The zero-order chi connectivity index (χ0) is 20.2. The van der Waals surface area contributed by atoms with Crippen LogP contribution >= 0.6 is 0 Å². The van der Waals surface area contributed by atoms with E-state index in [2.05, 4.69) is 15.0 Å². The van der Waals surface area contributed by atoms with Crippen LogP contribution in [0.4, 0.5) is 18.0 Å². The zero-order valence-corrected chi connectivity index (χ0v) is 15.0. The van der Waals surface area contributed by atoms with E-state index >= 15 is 0 Å². The van der Waals surface area contributed by atoms with Gasteiger partial charge in [0.05, 0.1) is 18.0 Å². The maximum atomic E-state index is 13.2. The van der Waals surface area contributed by atoms with Gasteiger partial charge < -0.3 is 9.53 Å². The number of amides is 1. The molecule has 1 amide bonds. The molecule has 146 valence electrons. The minimum Gasteiger partial charge on any atom is -0.444 e. The molecule has 0 spiro atoms. The predicted molar refractivity (Wildman–Crippen MR) is 91.3 cm³/mol. The number of hydrogen-bond donors (Lipinski definition) is 0. The zero-order valence-electron chi connectivity index (χ0n) is 15.0. The first kappa shape index (κ1) is 20.5. The van der Waals surface area contributed by atoms with Gasteiger partial charge in [0.15, 0.2) is 0 Å². The lowest BCUT2D eigenvalue weighted by Crippen LogP contribution is -2.43. The second kappa shape index (κ2) is 7.85. The van der Waals surface area contributed by atoms with Crippen molar-refractivity contribution >= 4 is 24.8 Å². The Morgan fingerprint density at radius 1 is 1.26 bits per heavy atom. The molecule has 1 aliphatic rings. The number of ether oxygens (including phenoxy) is 1. The Morgan fingerprint density at radius 2 is 1.89 bits per heavy atom. The van der Waals surface area contributed by atoms with E-state index < -0.39 is 42.2 Å². The molecular weight excluding hydrogens is 365 g/mol. The lowest BCUT2D eigenvalue weighted by atomic mass is 10.1. The Hall–Kier alpha value is -2.78. The van der Waals surface area contributed by atoms with Crippen LogP contribution in [0, 0.1) is 5.92 Å². The Kier molecular flexibility index (Phi) is 5.97. The molecule has 27 heavy (non-hydrogen) atoms. The van der Waals surface area contributed by atoms with E-state index in [0.29, 0.717) is 6.29 Å². The Morgan fingerprint density at radius 3 is 2.41 bits per heavy atom. The van der Waals surface area contributed by atoms with Crippen molar-refractivity contribution in [1.82, 2.24) is 9.88 Å². The van der Waals surface area contributed by atoms with Crippen LogP contribution < -0.4 is 0 Å². The van der Waals surface area contributed by atoms with Gasteiger partial charge in [-0.2, -0.15) is 13.2 Å². The largest absolute Gasteiger partial charge is 0.444 e. The number of aliphatic imine (C=N–C) groups is 2. The predicted octanol–water partition coefficient (Wildman–Crippen LogP) is 3.09. The first-order valence-electron chi connectivity index (χ1n) is 8.03. The number of rotatable bonds is 4. The summed E-state index contributed by atoms with van der Waals surface area (Å²) in [6.07, 6.45) is -1.43. The molecule has 0 aliphatic carbocycles. The molecule has 0 atom stereocenters. The number of carbonyl (C=O) groups excluding carboxylic acids is 2. The van der Waals surface area contributed by atoms with Crippen molar-refractivity contribution in [3.8, 4) is 0 Å². The quantitative estimate of drug-likeness (QED) is 0.747. The molecule has 2 rings (SSSR count). The summed E-state index contributed by atoms with van der Waals surface area (Å²) in [7, 11) is 0. The lowest BCUT2D eigenvalue weighted by Gasteiger charge is -2.31. The van der Waals surface area contributed by atoms with E-state index in [9.17, 15) is 22.8 Å². The Bertz CT molecular complexity index is 743. The minimum absolute atomic E-state index is 0.223. The minimum atomic E-state index is -4.61. The summed E-state index contributed by atoms with van der Waals surface area (Å²) >= 11 is 0. The van der Waals surface area contributed by atoms with Crippen molar-refractivity contribution in [1.29, 1.82) is 0 Å². The normalized spacial score (nSPS) is 19.6. The van der Waals surface area contributed by atoms with Gasteiger partial charge in [0, 0.05) is 30.4 Å². The van der Waals surface area contributed by atoms with Crippen LogP contribution in [0.25, 0.3) is 0 Å². The molecule has 0 N–H and O–H groups in total. The fraction of sp³-hybridized carbons (Fsp3) is 0.471. The molecule has 2 heterocycles. The summed E-state index contributed by atoms with van der Waals surface area (Å²) < 4.78 is 45.0. The summed E-state index contributed by atoms with van der Waals surface area (Å²) in [5, 5.41) is 0. The second-order valence-electron chi connectivity index (χ2n) is 6.79. The van der Waals surface area contributed by atoms with Gasteiger partial charge in [-0.3, -0.25) is 9.88 Å². The van der Waals surface area contributed by atoms with Gasteiger partial charge in [0.25, 0.3) is 0 Å². The molecule has 0 aromatic carbocycles. The van der Waals surface area contributed by atoms with E-state index in [0.717, 1.165) is 23.4 Å². The highest BCUT2D eigenvalue weighted by Gasteiger charge is 2.36. The summed E-state index contributed by atoms with van der Waals surface area (Å²) in [6.45, 7) is 4.42. The molecule has 1 aromatic rings. The molecule has 1 aliphatic heterocycles. The number of alkyl halides is 3. The molecule has 0 bridgehead atoms. The van der Waals surface area contributed by atoms with Crippen molar-refractivity contribution in [2.75, 3.05) is 0 Å². The van der Waals surface area contributed by atoms with Crippen LogP contribution in [-0.2, 0) is 22.3 Å². The van der Waals surface area contributed by atoms with Crippen molar-refractivity contribution in [3.05, 3.63) is 29.6 Å². The van der Waals surface area contributed by atoms with Gasteiger partial charge in [0.1, 0.15) is 11.9 Å². The molecule has 10 heteroatoms. The highest BCUT2D eigenvalue weighted by molar-refractivity contribution is 6.00. The van der Waals surface area contributed by atoms with E-state index in [1.54, 1.807) is 20.8 Å². The number of carbonyl (C=O) groups is 2. The molecular formula is C17H19F3N4O3. The number of pyridine rings is 1. The molecule has 1 aromatic heterocycles. The monoisotopic (exact) mass is 384 g/mol. The number of aldehydes is 1. The summed E-state index contributed by atoms with van der Waals surface area (Å²) in [6, 6.07) is 0.832. The highest BCUT2D eigenvalue weighted by Crippen LogP contribution is 2.32. The molecule has 0 fully saturated rings. The fourth-order valence-electron chi connectivity index (χ4n) is 2.24. The van der Waals surface area contributed by atoms with E-state index in [4.69, 9.17) is 4.74 Å². The fourth-order valence-corrected chi connectivity index (χ4v) is 2.24. The highest BCUT2D eigenvalue weighted by atomic mass is 19.4. The van der Waals surface area contributed by atoms with E-state index in [1.165, 1.54) is 12.4 Å². The molecule has 0 unspecified atom stereocenters. The van der Waals surface area contributed by atoms with Crippen LogP contribution in [-0.4, -0.2) is 46.6 Å². The molecule has 7 nitrogen and oxygen atoms in total. The van der Waals surface area contributed by atoms with Crippen LogP contribution in [0.1, 0.15) is 31.9 Å². The third kappa shape index (κ3) is 5.60. The first-order chi connectivity index (χ1) is 12.5. The Labute approximate surface area is 154 Å². The maximum absolute atomic E-state index is 13.2. The standard InChI is InChI=1S/C17H19F3N4O3/c1-16(2,3)27-15(26)24(14-22-6-11(10-25)7-23-14)9-12-8-21-5-4-13(12)17(18,19)20/h4-8,10-11,14H,9H2,1-3H3. The van der Waals surface area contributed by atoms with Gasteiger partial charge in [-0.25, -0.2) is 14.8 Å². The van der Waals surface area contributed by atoms with Crippen LogP contribution in [0.15, 0.2) is 28.4 Å². The summed E-state index contributed by atoms with van der Waals surface area (Å²) in [5.74, 6) is -0.647. The average Bonchev–Trinajstić information content (AvgIpc) is 2.57. The van der Waals surface area contributed by atoms with Gasteiger partial charge in [0.2, 0.25) is 6.29 Å². The summed E-state index contributed by atoms with van der Waals surface area (Å²) in [5.41, 5.74) is -2.01. The van der Waals surface area contributed by atoms with Crippen LogP contribution in [0.5, 0.6) is 0 Å². The second-order valence-corrected chi connectivity index (χ2v) is 6.79. The smallest absolute Gasteiger partial charge is 0.416 e. The average molecular weight is 384 g/mol. The van der Waals surface area contributed by atoms with Gasteiger partial charge in [-0.1, -0.05) is 0 Å². The third-order valence-corrected chi connectivity index (χ3v) is 3.40. The molecule has 0 saturated heterocycles. The van der Waals surface area contributed by atoms with E-state index in [-0.39, 0.29) is 5.56 Å². The Balaban J connectivity index is 2.36. The summed E-state index contributed by atoms with van der Waals surface area (Å²) in [4.78, 5) is 36.0. The first-order valence-corrected chi connectivity index (χ1v) is 8.03. The topological polar surface area (TPSA) is 84.2 Å². The van der Waals surface area contributed by atoms with Gasteiger partial charge in [-0.15, -0.1) is 0 Å². The van der Waals surface area contributed by atoms with Crippen molar-refractivity contribution < 1.29 is 27.5 Å².